The normalized spacial score (nSPS) is 11.2. The molecule has 2 aromatic rings. The van der Waals surface area contributed by atoms with Gasteiger partial charge in [0.15, 0.2) is 11.6 Å². The fourth-order valence-corrected chi connectivity index (χ4v) is 2.48. The smallest absolute Gasteiger partial charge is 0.186 e. The van der Waals surface area contributed by atoms with Gasteiger partial charge in [-0.15, -0.1) is 0 Å². The van der Waals surface area contributed by atoms with Crippen LogP contribution in [0.5, 0.6) is 0 Å². The molecular weight excluding hydrogens is 292 g/mol. The van der Waals surface area contributed by atoms with E-state index in [0.717, 1.165) is 11.3 Å². The molecule has 0 atom stereocenters. The third-order valence-electron chi connectivity index (χ3n) is 3.25. The lowest BCUT2D eigenvalue weighted by molar-refractivity contribution is -0.113. The van der Waals surface area contributed by atoms with Crippen molar-refractivity contribution in [3.8, 4) is 0 Å². The van der Waals surface area contributed by atoms with E-state index in [1.165, 1.54) is 6.08 Å². The van der Waals surface area contributed by atoms with Crippen molar-refractivity contribution in [3.63, 3.8) is 0 Å². The van der Waals surface area contributed by atoms with Gasteiger partial charge in [-0.3, -0.25) is 9.59 Å². The number of thioether (sulfide) groups is 1. The van der Waals surface area contributed by atoms with Crippen LogP contribution in [0.15, 0.2) is 66.7 Å². The van der Waals surface area contributed by atoms with Gasteiger partial charge in [0.2, 0.25) is 0 Å². The predicted molar refractivity (Wildman–Crippen MR) is 93.2 cm³/mol. The van der Waals surface area contributed by atoms with Crippen LogP contribution in [-0.2, 0) is 4.79 Å². The minimum absolute atomic E-state index is 0.00447. The molecular formula is C19H18O2S. The molecule has 3 heteroatoms. The van der Waals surface area contributed by atoms with Gasteiger partial charge in [-0.2, -0.15) is 11.8 Å². The molecule has 2 nitrogen and oxygen atoms in total. The quantitative estimate of drug-likeness (QED) is 0.565. The molecule has 0 fully saturated rings. The molecule has 2 aromatic carbocycles. The van der Waals surface area contributed by atoms with Gasteiger partial charge < -0.3 is 0 Å². The molecule has 112 valence electrons. The van der Waals surface area contributed by atoms with Crippen LogP contribution in [0, 0.1) is 0 Å². The second kappa shape index (κ2) is 8.35. The minimum atomic E-state index is -0.142. The summed E-state index contributed by atoms with van der Waals surface area (Å²) in [6.07, 6.45) is 3.87. The van der Waals surface area contributed by atoms with E-state index in [-0.39, 0.29) is 11.6 Å². The number of hydrogen-bond donors (Lipinski definition) is 0. The first-order chi connectivity index (χ1) is 10.7. The topological polar surface area (TPSA) is 34.1 Å². The molecule has 0 aliphatic carbocycles. The molecule has 0 amide bonds. The molecule has 0 bridgehead atoms. The second-order valence-electron chi connectivity index (χ2n) is 4.82. The zero-order valence-corrected chi connectivity index (χ0v) is 13.3. The highest BCUT2D eigenvalue weighted by atomic mass is 32.2. The molecule has 0 saturated heterocycles. The number of hydrogen-bond acceptors (Lipinski definition) is 3. The van der Waals surface area contributed by atoms with Crippen molar-refractivity contribution in [2.45, 2.75) is 6.42 Å². The Morgan fingerprint density at radius 1 is 0.909 bits per heavy atom. The summed E-state index contributed by atoms with van der Waals surface area (Å²) in [4.78, 5) is 24.8. The summed E-state index contributed by atoms with van der Waals surface area (Å²) in [7, 11) is 0. The minimum Gasteiger partial charge on any atom is -0.294 e. The Balaban J connectivity index is 2.34. The molecule has 2 rings (SSSR count). The summed E-state index contributed by atoms with van der Waals surface area (Å²) >= 11 is 1.62. The van der Waals surface area contributed by atoms with E-state index in [2.05, 4.69) is 0 Å². The van der Waals surface area contributed by atoms with Gasteiger partial charge >= 0.3 is 0 Å². The molecule has 0 saturated carbocycles. The predicted octanol–water partition coefficient (Wildman–Crippen LogP) is 4.28. The third-order valence-corrected chi connectivity index (χ3v) is 3.86. The number of Topliss-reactive ketones (excluding diaryl/α,β-unsaturated/α-hetero) is 1. The van der Waals surface area contributed by atoms with Crippen molar-refractivity contribution in [2.24, 2.45) is 0 Å². The Morgan fingerprint density at radius 2 is 1.45 bits per heavy atom. The molecule has 0 heterocycles. The molecule has 0 aromatic heterocycles. The summed E-state index contributed by atoms with van der Waals surface area (Å²) in [5, 5.41) is 0. The zero-order chi connectivity index (χ0) is 15.8. The highest BCUT2D eigenvalue weighted by Gasteiger charge is 2.14. The lowest BCUT2D eigenvalue weighted by Crippen LogP contribution is -2.06. The van der Waals surface area contributed by atoms with Crippen LogP contribution < -0.4 is 0 Å². The SMILES string of the molecule is CSCCC(=O)/C(=C/C(=O)c1ccccc1)c1ccccc1. The molecule has 22 heavy (non-hydrogen) atoms. The maximum Gasteiger partial charge on any atom is 0.186 e. The van der Waals surface area contributed by atoms with Crippen molar-refractivity contribution >= 4 is 28.9 Å². The molecule has 0 aliphatic rings. The van der Waals surface area contributed by atoms with Gasteiger partial charge in [-0.1, -0.05) is 60.7 Å². The number of carbonyl (C=O) groups is 2. The van der Waals surface area contributed by atoms with E-state index in [9.17, 15) is 9.59 Å². The summed E-state index contributed by atoms with van der Waals surface area (Å²) in [6, 6.07) is 18.4. The highest BCUT2D eigenvalue weighted by molar-refractivity contribution is 7.98. The summed E-state index contributed by atoms with van der Waals surface area (Å²) in [5.74, 6) is 0.615. The zero-order valence-electron chi connectivity index (χ0n) is 12.5. The summed E-state index contributed by atoms with van der Waals surface area (Å²) < 4.78 is 0. The lowest BCUT2D eigenvalue weighted by Gasteiger charge is -2.07. The Kier molecular flexibility index (Phi) is 6.16. The summed E-state index contributed by atoms with van der Waals surface area (Å²) in [5.41, 5.74) is 1.87. The Hall–Kier alpha value is -2.13. The van der Waals surface area contributed by atoms with Crippen LogP contribution in [0.3, 0.4) is 0 Å². The van der Waals surface area contributed by atoms with Gasteiger partial charge in [0.1, 0.15) is 0 Å². The average molecular weight is 310 g/mol. The number of carbonyl (C=O) groups excluding carboxylic acids is 2. The van der Waals surface area contributed by atoms with Crippen molar-refractivity contribution in [2.75, 3.05) is 12.0 Å². The van der Waals surface area contributed by atoms with E-state index >= 15 is 0 Å². The highest BCUT2D eigenvalue weighted by Crippen LogP contribution is 2.19. The average Bonchev–Trinajstić information content (AvgIpc) is 2.59. The van der Waals surface area contributed by atoms with Gasteiger partial charge in [0, 0.05) is 23.3 Å². The van der Waals surface area contributed by atoms with Crippen LogP contribution in [0.25, 0.3) is 5.57 Å². The molecule has 0 unspecified atom stereocenters. The first-order valence-corrected chi connectivity index (χ1v) is 8.50. The largest absolute Gasteiger partial charge is 0.294 e. The van der Waals surface area contributed by atoms with Crippen molar-refractivity contribution in [1.29, 1.82) is 0 Å². The van der Waals surface area contributed by atoms with Crippen molar-refractivity contribution in [1.82, 2.24) is 0 Å². The molecule has 0 aliphatic heterocycles. The Morgan fingerprint density at radius 3 is 2.00 bits per heavy atom. The van der Waals surface area contributed by atoms with Gasteiger partial charge in [0.05, 0.1) is 0 Å². The maximum atomic E-state index is 12.4. The fraction of sp³-hybridized carbons (Fsp3) is 0.158. The number of allylic oxidation sites excluding steroid dienone is 2. The van der Waals surface area contributed by atoms with E-state index < -0.39 is 0 Å². The Bertz CT molecular complexity index is 660. The van der Waals surface area contributed by atoms with Crippen molar-refractivity contribution < 1.29 is 9.59 Å². The van der Waals surface area contributed by atoms with Crippen LogP contribution in [-0.4, -0.2) is 23.6 Å². The monoisotopic (exact) mass is 310 g/mol. The number of benzene rings is 2. The van der Waals surface area contributed by atoms with Crippen LogP contribution in [0.1, 0.15) is 22.3 Å². The van der Waals surface area contributed by atoms with Crippen molar-refractivity contribution in [3.05, 3.63) is 77.9 Å². The molecule has 0 spiro atoms. The summed E-state index contributed by atoms with van der Waals surface area (Å²) in [6.45, 7) is 0. The van der Waals surface area contributed by atoms with Gasteiger partial charge in [-0.05, 0) is 17.9 Å². The first-order valence-electron chi connectivity index (χ1n) is 7.11. The molecule has 0 radical (unpaired) electrons. The van der Waals surface area contributed by atoms with Gasteiger partial charge in [-0.25, -0.2) is 0 Å². The van der Waals surface area contributed by atoms with Crippen LogP contribution in [0.4, 0.5) is 0 Å². The third kappa shape index (κ3) is 4.43. The van der Waals surface area contributed by atoms with E-state index in [1.54, 1.807) is 23.9 Å². The standard InChI is InChI=1S/C19H18O2S/c1-22-13-12-18(20)17(15-8-4-2-5-9-15)14-19(21)16-10-6-3-7-11-16/h2-11,14H,12-13H2,1H3/b17-14+. The van der Waals surface area contributed by atoms with Crippen LogP contribution in [0.2, 0.25) is 0 Å². The van der Waals surface area contributed by atoms with Gasteiger partial charge in [0.25, 0.3) is 0 Å². The Labute approximate surface area is 135 Å². The van der Waals surface area contributed by atoms with E-state index in [0.29, 0.717) is 17.6 Å². The van der Waals surface area contributed by atoms with E-state index in [4.69, 9.17) is 0 Å². The van der Waals surface area contributed by atoms with Crippen LogP contribution >= 0.6 is 11.8 Å². The fourth-order valence-electron chi connectivity index (χ4n) is 2.09. The van der Waals surface area contributed by atoms with E-state index in [1.807, 2.05) is 54.8 Å². The number of ketones is 2. The lowest BCUT2D eigenvalue weighted by atomic mass is 9.97. The maximum absolute atomic E-state index is 12.4. The molecule has 0 N–H and O–H groups in total. The second-order valence-corrected chi connectivity index (χ2v) is 5.81. The first kappa shape index (κ1) is 16.2. The number of rotatable bonds is 7.